The third-order valence-corrected chi connectivity index (χ3v) is 2.25. The molecule has 2 N–H and O–H groups in total. The molecule has 0 fully saturated rings. The molecular formula is C10H15F3N4O2. The number of halogens is 3. The van der Waals surface area contributed by atoms with Gasteiger partial charge in [0.15, 0.2) is 0 Å². The molecule has 0 spiro atoms. The van der Waals surface area contributed by atoms with Crippen molar-refractivity contribution in [1.82, 2.24) is 20.7 Å². The van der Waals surface area contributed by atoms with Crippen molar-refractivity contribution in [3.63, 3.8) is 0 Å². The molecule has 1 rings (SSSR count). The van der Waals surface area contributed by atoms with Crippen molar-refractivity contribution in [3.05, 3.63) is 11.9 Å². The van der Waals surface area contributed by atoms with Gasteiger partial charge in [-0.15, -0.1) is 0 Å². The fraction of sp³-hybridized carbons (Fsp3) is 0.700. The van der Waals surface area contributed by atoms with Crippen molar-refractivity contribution in [3.8, 4) is 0 Å². The molecule has 19 heavy (non-hydrogen) atoms. The maximum atomic E-state index is 12.4. The smallest absolute Gasteiger partial charge is 0.407 e. The molecule has 0 bridgehead atoms. The summed E-state index contributed by atoms with van der Waals surface area (Å²) >= 11 is 0. The highest BCUT2D eigenvalue weighted by Gasteiger charge is 2.34. The van der Waals surface area contributed by atoms with Crippen LogP contribution in [0, 0.1) is 0 Å². The van der Waals surface area contributed by atoms with E-state index in [0.717, 1.165) is 12.6 Å². The van der Waals surface area contributed by atoms with Gasteiger partial charge in [-0.3, -0.25) is 0 Å². The van der Waals surface area contributed by atoms with E-state index in [1.54, 1.807) is 0 Å². The Morgan fingerprint density at radius 2 is 2.32 bits per heavy atom. The quantitative estimate of drug-likeness (QED) is 0.784. The molecule has 1 heterocycles. The highest BCUT2D eigenvalue weighted by molar-refractivity contribution is 5.67. The molecule has 0 aliphatic carbocycles. The number of aromatic nitrogens is 3. The zero-order valence-electron chi connectivity index (χ0n) is 10.3. The SMILES string of the molecule is CCCCOC(=O)NC(CC(F)(F)F)c1cn[nH]n1. The molecule has 0 radical (unpaired) electrons. The van der Waals surface area contributed by atoms with Crippen LogP contribution in [0.4, 0.5) is 18.0 Å². The molecule has 108 valence electrons. The highest BCUT2D eigenvalue weighted by atomic mass is 19.4. The van der Waals surface area contributed by atoms with Crippen molar-refractivity contribution < 1.29 is 22.7 Å². The molecule has 1 atom stereocenters. The first-order chi connectivity index (χ1) is 8.92. The number of rotatable bonds is 6. The average Bonchev–Trinajstić information content (AvgIpc) is 2.80. The van der Waals surface area contributed by atoms with Gasteiger partial charge in [-0.25, -0.2) is 4.79 Å². The number of ether oxygens (including phenoxy) is 1. The van der Waals surface area contributed by atoms with Crippen molar-refractivity contribution in [2.45, 2.75) is 38.4 Å². The maximum absolute atomic E-state index is 12.4. The van der Waals surface area contributed by atoms with E-state index in [1.165, 1.54) is 0 Å². The van der Waals surface area contributed by atoms with Crippen LogP contribution in [0.1, 0.15) is 37.9 Å². The second-order valence-corrected chi connectivity index (χ2v) is 3.90. The van der Waals surface area contributed by atoms with Gasteiger partial charge >= 0.3 is 12.3 Å². The zero-order valence-corrected chi connectivity index (χ0v) is 10.3. The molecule has 1 aromatic rings. The van der Waals surface area contributed by atoms with Gasteiger partial charge in [-0.1, -0.05) is 13.3 Å². The lowest BCUT2D eigenvalue weighted by Crippen LogP contribution is -2.32. The first-order valence-electron chi connectivity index (χ1n) is 5.78. The van der Waals surface area contributed by atoms with Gasteiger partial charge in [0.25, 0.3) is 0 Å². The normalized spacial score (nSPS) is 13.1. The largest absolute Gasteiger partial charge is 0.450 e. The van der Waals surface area contributed by atoms with Gasteiger partial charge in [0.1, 0.15) is 5.69 Å². The van der Waals surface area contributed by atoms with E-state index in [0.29, 0.717) is 6.42 Å². The summed E-state index contributed by atoms with van der Waals surface area (Å²) in [7, 11) is 0. The van der Waals surface area contributed by atoms with Gasteiger partial charge < -0.3 is 10.1 Å². The molecule has 9 heteroatoms. The Hall–Kier alpha value is -1.80. The number of carbonyl (C=O) groups excluding carboxylic acids is 1. The van der Waals surface area contributed by atoms with E-state index in [4.69, 9.17) is 4.74 Å². The molecule has 0 saturated heterocycles. The lowest BCUT2D eigenvalue weighted by atomic mass is 10.1. The van der Waals surface area contributed by atoms with Crippen LogP contribution < -0.4 is 5.32 Å². The van der Waals surface area contributed by atoms with Gasteiger partial charge in [0.2, 0.25) is 0 Å². The van der Waals surface area contributed by atoms with Crippen molar-refractivity contribution in [2.75, 3.05) is 6.61 Å². The fourth-order valence-corrected chi connectivity index (χ4v) is 1.33. The highest BCUT2D eigenvalue weighted by Crippen LogP contribution is 2.28. The number of nitrogens with one attached hydrogen (secondary N) is 2. The summed E-state index contributed by atoms with van der Waals surface area (Å²) in [5.74, 6) is 0. The summed E-state index contributed by atoms with van der Waals surface area (Å²) in [6.07, 6.45) is -3.96. The number of alkyl carbamates (subject to hydrolysis) is 1. The molecule has 0 saturated carbocycles. The molecule has 1 aromatic heterocycles. The first-order valence-corrected chi connectivity index (χ1v) is 5.78. The standard InChI is InChI=1S/C10H15F3N4O2/c1-2-3-4-19-9(18)15-7(5-10(11,12)13)8-6-14-17-16-8/h6-7H,2-5H2,1H3,(H,15,18)(H,14,16,17). The third kappa shape index (κ3) is 6.07. The number of hydrogen-bond donors (Lipinski definition) is 2. The van der Waals surface area contributed by atoms with Gasteiger partial charge in [0, 0.05) is 0 Å². The number of hydrogen-bond acceptors (Lipinski definition) is 4. The minimum absolute atomic E-state index is 0.00441. The number of aromatic amines is 1. The van der Waals surface area contributed by atoms with Crippen molar-refractivity contribution in [2.24, 2.45) is 0 Å². The van der Waals surface area contributed by atoms with Gasteiger partial charge in [-0.2, -0.15) is 28.6 Å². The lowest BCUT2D eigenvalue weighted by molar-refractivity contribution is -0.140. The van der Waals surface area contributed by atoms with E-state index in [1.807, 2.05) is 6.92 Å². The first kappa shape index (κ1) is 15.3. The topological polar surface area (TPSA) is 79.9 Å². The van der Waals surface area contributed by atoms with Gasteiger partial charge in [0.05, 0.1) is 25.3 Å². The molecule has 0 aliphatic heterocycles. The summed E-state index contributed by atoms with van der Waals surface area (Å²) in [6, 6.07) is -1.31. The Kier molecular flexibility index (Phi) is 5.58. The van der Waals surface area contributed by atoms with Crippen LogP contribution in [-0.2, 0) is 4.74 Å². The van der Waals surface area contributed by atoms with E-state index in [2.05, 4.69) is 20.7 Å². The van der Waals surface area contributed by atoms with Crippen molar-refractivity contribution >= 4 is 6.09 Å². The number of unbranched alkanes of at least 4 members (excludes halogenated alkanes) is 1. The van der Waals surface area contributed by atoms with E-state index in [-0.39, 0.29) is 12.3 Å². The van der Waals surface area contributed by atoms with Crippen LogP contribution in [0.3, 0.4) is 0 Å². The monoisotopic (exact) mass is 280 g/mol. The summed E-state index contributed by atoms with van der Waals surface area (Å²) < 4.78 is 42.0. The minimum atomic E-state index is -4.43. The third-order valence-electron chi connectivity index (χ3n) is 2.25. The average molecular weight is 280 g/mol. The number of alkyl halides is 3. The van der Waals surface area contributed by atoms with Crippen LogP contribution in [0.25, 0.3) is 0 Å². The molecule has 6 nitrogen and oxygen atoms in total. The molecule has 0 aliphatic rings. The number of amides is 1. The number of nitrogens with zero attached hydrogens (tertiary/aromatic N) is 2. The second-order valence-electron chi connectivity index (χ2n) is 3.90. The van der Waals surface area contributed by atoms with Crippen LogP contribution in [0.5, 0.6) is 0 Å². The lowest BCUT2D eigenvalue weighted by Gasteiger charge is -2.17. The van der Waals surface area contributed by atoms with E-state index in [9.17, 15) is 18.0 Å². The Labute approximate surface area is 107 Å². The molecule has 1 unspecified atom stereocenters. The summed E-state index contributed by atoms with van der Waals surface area (Å²) in [5, 5.41) is 11.3. The minimum Gasteiger partial charge on any atom is -0.450 e. The Morgan fingerprint density at radius 3 is 2.84 bits per heavy atom. The Balaban J connectivity index is 2.57. The summed E-state index contributed by atoms with van der Waals surface area (Å²) in [4.78, 5) is 11.4. The van der Waals surface area contributed by atoms with Crippen LogP contribution in [-0.4, -0.2) is 34.3 Å². The predicted octanol–water partition coefficient (Wildman–Crippen LogP) is 2.32. The molecular weight excluding hydrogens is 265 g/mol. The summed E-state index contributed by atoms with van der Waals surface area (Å²) in [5.41, 5.74) is 0.00441. The number of carbonyl (C=O) groups is 1. The van der Waals surface area contributed by atoms with E-state index < -0.39 is 24.7 Å². The fourth-order valence-electron chi connectivity index (χ4n) is 1.33. The maximum Gasteiger partial charge on any atom is 0.407 e. The molecule has 0 aromatic carbocycles. The Bertz CT molecular complexity index is 381. The zero-order chi connectivity index (χ0) is 14.3. The van der Waals surface area contributed by atoms with Crippen LogP contribution in [0.2, 0.25) is 0 Å². The predicted molar refractivity (Wildman–Crippen MR) is 59.2 cm³/mol. The molecule has 1 amide bonds. The van der Waals surface area contributed by atoms with Gasteiger partial charge in [-0.05, 0) is 6.42 Å². The second kappa shape index (κ2) is 6.95. The summed E-state index contributed by atoms with van der Waals surface area (Å²) in [6.45, 7) is 2.07. The van der Waals surface area contributed by atoms with Crippen LogP contribution in [0.15, 0.2) is 6.20 Å². The van der Waals surface area contributed by atoms with Crippen molar-refractivity contribution in [1.29, 1.82) is 0 Å². The van der Waals surface area contributed by atoms with E-state index >= 15 is 0 Å². The van der Waals surface area contributed by atoms with Crippen LogP contribution >= 0.6 is 0 Å². The Morgan fingerprint density at radius 1 is 1.58 bits per heavy atom. The number of H-pyrrole nitrogens is 1.